The van der Waals surface area contributed by atoms with Gasteiger partial charge >= 0.3 is 0 Å². The molecule has 0 amide bonds. The molecule has 1 atom stereocenters. The molecule has 2 aromatic rings. The van der Waals surface area contributed by atoms with E-state index in [9.17, 15) is 13.5 Å². The number of benzene rings is 1. The molecule has 3 rings (SSSR count). The largest absolute Gasteiger partial charge is 0.481 e. The fourth-order valence-electron chi connectivity index (χ4n) is 2.82. The number of methoxy groups -OCH3 is 1. The summed E-state index contributed by atoms with van der Waals surface area (Å²) in [7, 11) is -2.07. The quantitative estimate of drug-likeness (QED) is 0.886. The van der Waals surface area contributed by atoms with Gasteiger partial charge in [0.25, 0.3) is 0 Å². The van der Waals surface area contributed by atoms with Crippen LogP contribution in [-0.4, -0.2) is 42.2 Å². The summed E-state index contributed by atoms with van der Waals surface area (Å²) in [5.74, 6) is 0.0600. The maximum atomic E-state index is 12.6. The Morgan fingerprint density at radius 2 is 2.00 bits per heavy atom. The Labute approximate surface area is 141 Å². The number of aliphatic hydroxyl groups excluding tert-OH is 1. The van der Waals surface area contributed by atoms with Gasteiger partial charge in [-0.3, -0.25) is 0 Å². The van der Waals surface area contributed by atoms with Crippen LogP contribution in [-0.2, 0) is 23.0 Å². The van der Waals surface area contributed by atoms with Crippen LogP contribution in [0.25, 0.3) is 0 Å². The summed E-state index contributed by atoms with van der Waals surface area (Å²) in [4.78, 5) is 4.00. The summed E-state index contributed by atoms with van der Waals surface area (Å²) >= 11 is 0. The molecule has 0 radical (unpaired) electrons. The van der Waals surface area contributed by atoms with Gasteiger partial charge in [-0.05, 0) is 23.6 Å². The summed E-state index contributed by atoms with van der Waals surface area (Å²) in [6.07, 6.45) is 1.01. The molecule has 1 N–H and O–H groups in total. The molecular formula is C17H20N2O4S. The van der Waals surface area contributed by atoms with Crippen LogP contribution in [0, 0.1) is 0 Å². The first-order valence-corrected chi connectivity index (χ1v) is 9.33. The zero-order valence-corrected chi connectivity index (χ0v) is 14.2. The fraction of sp³-hybridized carbons (Fsp3) is 0.353. The standard InChI is InChI=1S/C17H20N2O4S/c1-23-17-7-6-14(10-18-17)16(20)12-24(21,22)19-9-8-13-4-2-3-5-15(13)11-19/h2-7,10,16,20H,8-9,11-12H2,1H3. The highest BCUT2D eigenvalue weighted by Crippen LogP contribution is 2.24. The Bertz CT molecular complexity index is 806. The van der Waals surface area contributed by atoms with Crippen molar-refractivity contribution in [1.29, 1.82) is 0 Å². The molecule has 0 bridgehead atoms. The highest BCUT2D eigenvalue weighted by Gasteiger charge is 2.29. The molecule has 1 aromatic heterocycles. The van der Waals surface area contributed by atoms with Gasteiger partial charge in [-0.15, -0.1) is 0 Å². The lowest BCUT2D eigenvalue weighted by Crippen LogP contribution is -2.38. The van der Waals surface area contributed by atoms with Gasteiger partial charge < -0.3 is 9.84 Å². The predicted octanol–water partition coefficient (Wildman–Crippen LogP) is 1.51. The van der Waals surface area contributed by atoms with Crippen LogP contribution in [0.1, 0.15) is 22.8 Å². The minimum Gasteiger partial charge on any atom is -0.481 e. The Balaban J connectivity index is 1.71. The molecule has 6 nitrogen and oxygen atoms in total. The van der Waals surface area contributed by atoms with Crippen molar-refractivity contribution in [3.63, 3.8) is 0 Å². The Morgan fingerprint density at radius 1 is 1.25 bits per heavy atom. The van der Waals surface area contributed by atoms with Crippen molar-refractivity contribution >= 4 is 10.0 Å². The first-order chi connectivity index (χ1) is 11.5. The lowest BCUT2D eigenvalue weighted by Gasteiger charge is -2.28. The summed E-state index contributed by atoms with van der Waals surface area (Å²) in [5, 5.41) is 10.3. The second-order valence-corrected chi connectivity index (χ2v) is 7.79. The van der Waals surface area contributed by atoms with Crippen LogP contribution < -0.4 is 4.74 Å². The van der Waals surface area contributed by atoms with Gasteiger partial charge in [0.1, 0.15) is 0 Å². The summed E-state index contributed by atoms with van der Waals surface area (Å²) in [6, 6.07) is 11.1. The van der Waals surface area contributed by atoms with E-state index in [0.29, 0.717) is 31.0 Å². The van der Waals surface area contributed by atoms with E-state index in [1.54, 1.807) is 12.1 Å². The number of aromatic nitrogens is 1. The van der Waals surface area contributed by atoms with Crippen molar-refractivity contribution in [3.05, 3.63) is 59.3 Å². The van der Waals surface area contributed by atoms with E-state index >= 15 is 0 Å². The van der Waals surface area contributed by atoms with Gasteiger partial charge in [0.15, 0.2) is 0 Å². The second kappa shape index (κ2) is 6.88. The summed E-state index contributed by atoms with van der Waals surface area (Å²) in [6.45, 7) is 0.791. The van der Waals surface area contributed by atoms with Crippen LogP contribution >= 0.6 is 0 Å². The maximum absolute atomic E-state index is 12.6. The number of pyridine rings is 1. The van der Waals surface area contributed by atoms with Crippen molar-refractivity contribution in [3.8, 4) is 5.88 Å². The average Bonchev–Trinajstić information content (AvgIpc) is 2.61. The maximum Gasteiger partial charge on any atom is 0.217 e. The first-order valence-electron chi connectivity index (χ1n) is 7.72. The number of aliphatic hydroxyl groups is 1. The van der Waals surface area contributed by atoms with Crippen molar-refractivity contribution in [2.75, 3.05) is 19.4 Å². The SMILES string of the molecule is COc1ccc(C(O)CS(=O)(=O)N2CCc3ccccc3C2)cn1. The molecule has 0 spiro atoms. The molecule has 1 aliphatic rings. The molecule has 1 aromatic carbocycles. The van der Waals surface area contributed by atoms with Crippen LogP contribution in [0.5, 0.6) is 5.88 Å². The van der Waals surface area contributed by atoms with Crippen LogP contribution in [0.3, 0.4) is 0 Å². The normalized spacial score (nSPS) is 16.4. The lowest BCUT2D eigenvalue weighted by molar-refractivity contribution is 0.198. The number of rotatable bonds is 5. The molecule has 0 saturated heterocycles. The van der Waals surface area contributed by atoms with Gasteiger partial charge in [0.2, 0.25) is 15.9 Å². The van der Waals surface area contributed by atoms with Gasteiger partial charge in [-0.2, -0.15) is 4.31 Å². The molecule has 0 saturated carbocycles. The molecule has 1 aliphatic heterocycles. The highest BCUT2D eigenvalue weighted by atomic mass is 32.2. The van der Waals surface area contributed by atoms with Crippen LogP contribution in [0.15, 0.2) is 42.6 Å². The van der Waals surface area contributed by atoms with Gasteiger partial charge in [0, 0.05) is 30.9 Å². The fourth-order valence-corrected chi connectivity index (χ4v) is 4.33. The van der Waals surface area contributed by atoms with Crippen molar-refractivity contribution < 1.29 is 18.3 Å². The van der Waals surface area contributed by atoms with Crippen molar-refractivity contribution in [2.24, 2.45) is 0 Å². The number of nitrogens with zero attached hydrogens (tertiary/aromatic N) is 2. The Morgan fingerprint density at radius 3 is 2.67 bits per heavy atom. The van der Waals surface area contributed by atoms with E-state index in [1.807, 2.05) is 24.3 Å². The van der Waals surface area contributed by atoms with E-state index in [4.69, 9.17) is 4.74 Å². The average molecular weight is 348 g/mol. The molecule has 2 heterocycles. The number of sulfonamides is 1. The Hall–Kier alpha value is -1.96. The molecule has 0 aliphatic carbocycles. The van der Waals surface area contributed by atoms with Crippen molar-refractivity contribution in [1.82, 2.24) is 9.29 Å². The molecule has 0 fully saturated rings. The smallest absolute Gasteiger partial charge is 0.217 e. The van der Waals surface area contributed by atoms with E-state index in [1.165, 1.54) is 23.2 Å². The van der Waals surface area contributed by atoms with Gasteiger partial charge in [-0.25, -0.2) is 13.4 Å². The monoisotopic (exact) mass is 348 g/mol. The topological polar surface area (TPSA) is 79.7 Å². The molecular weight excluding hydrogens is 328 g/mol. The van der Waals surface area contributed by atoms with E-state index < -0.39 is 16.1 Å². The van der Waals surface area contributed by atoms with E-state index in [2.05, 4.69) is 4.98 Å². The zero-order chi connectivity index (χ0) is 17.2. The molecule has 24 heavy (non-hydrogen) atoms. The number of ether oxygens (including phenoxy) is 1. The third kappa shape index (κ3) is 3.58. The zero-order valence-electron chi connectivity index (χ0n) is 13.4. The molecule has 128 valence electrons. The summed E-state index contributed by atoms with van der Waals surface area (Å²) < 4.78 is 31.6. The van der Waals surface area contributed by atoms with Crippen LogP contribution in [0.2, 0.25) is 0 Å². The first kappa shape index (κ1) is 16.9. The van der Waals surface area contributed by atoms with Crippen LogP contribution in [0.4, 0.5) is 0 Å². The predicted molar refractivity (Wildman–Crippen MR) is 90.1 cm³/mol. The van der Waals surface area contributed by atoms with Gasteiger partial charge in [0.05, 0.1) is 19.0 Å². The number of hydrogen-bond donors (Lipinski definition) is 1. The minimum absolute atomic E-state index is 0.353. The third-order valence-electron chi connectivity index (χ3n) is 4.21. The molecule has 7 heteroatoms. The lowest BCUT2D eigenvalue weighted by atomic mass is 10.0. The van der Waals surface area contributed by atoms with E-state index in [-0.39, 0.29) is 5.75 Å². The summed E-state index contributed by atoms with van der Waals surface area (Å²) in [5.41, 5.74) is 2.66. The molecule has 1 unspecified atom stereocenters. The highest BCUT2D eigenvalue weighted by molar-refractivity contribution is 7.89. The van der Waals surface area contributed by atoms with Gasteiger partial charge in [-0.1, -0.05) is 24.3 Å². The Kier molecular flexibility index (Phi) is 4.84. The second-order valence-electron chi connectivity index (χ2n) is 5.78. The van der Waals surface area contributed by atoms with Crippen molar-refractivity contribution in [2.45, 2.75) is 19.1 Å². The number of hydrogen-bond acceptors (Lipinski definition) is 5. The van der Waals surface area contributed by atoms with E-state index in [0.717, 1.165) is 5.56 Å². The number of fused-ring (bicyclic) bond motifs is 1. The third-order valence-corrected chi connectivity index (χ3v) is 6.05. The minimum atomic E-state index is -3.56.